The number of sulfonamides is 1. The number of nitrogens with zero attached hydrogens (tertiary/aromatic N) is 1. The van der Waals surface area contributed by atoms with Crippen LogP contribution in [0.25, 0.3) is 0 Å². The van der Waals surface area contributed by atoms with Crippen LogP contribution in [0.5, 0.6) is 5.75 Å². The van der Waals surface area contributed by atoms with Crippen molar-refractivity contribution in [3.8, 4) is 5.75 Å². The Morgan fingerprint density at radius 2 is 2.10 bits per heavy atom. The summed E-state index contributed by atoms with van der Waals surface area (Å²) < 4.78 is 45.5. The Morgan fingerprint density at radius 1 is 1.30 bits per heavy atom. The first-order valence-electron chi connectivity index (χ1n) is 5.69. The molecule has 1 aliphatic heterocycles. The third kappa shape index (κ3) is 2.25. The average Bonchev–Trinajstić information content (AvgIpc) is 2.85. The summed E-state index contributed by atoms with van der Waals surface area (Å²) in [7, 11) is -3.75. The van der Waals surface area contributed by atoms with E-state index in [2.05, 4.69) is 0 Å². The predicted octanol–water partition coefficient (Wildman–Crippen LogP) is 3.13. The first-order valence-corrected chi connectivity index (χ1v) is 8.32. The van der Waals surface area contributed by atoms with Crippen molar-refractivity contribution in [2.75, 3.05) is 17.5 Å². The highest BCUT2D eigenvalue weighted by molar-refractivity contribution is 7.94. The summed E-state index contributed by atoms with van der Waals surface area (Å²) >= 11 is 6.75. The largest absolute Gasteiger partial charge is 0.489 e. The number of benzene rings is 1. The first kappa shape index (κ1) is 13.7. The predicted molar refractivity (Wildman–Crippen MR) is 75.8 cm³/mol. The minimum absolute atomic E-state index is 0.125. The van der Waals surface area contributed by atoms with Gasteiger partial charge in [-0.15, -0.1) is 11.3 Å². The van der Waals surface area contributed by atoms with Crippen molar-refractivity contribution in [1.82, 2.24) is 0 Å². The van der Waals surface area contributed by atoms with Crippen molar-refractivity contribution in [2.45, 2.75) is 4.21 Å². The molecular weight excluding hydrogens is 325 g/mol. The number of hydrogen-bond donors (Lipinski definition) is 0. The lowest BCUT2D eigenvalue weighted by atomic mass is 10.2. The summed E-state index contributed by atoms with van der Waals surface area (Å²) in [6.07, 6.45) is 0. The maximum absolute atomic E-state index is 13.4. The van der Waals surface area contributed by atoms with E-state index in [0.717, 1.165) is 21.7 Å². The number of halogens is 2. The van der Waals surface area contributed by atoms with Crippen LogP contribution in [0.1, 0.15) is 0 Å². The van der Waals surface area contributed by atoms with Gasteiger partial charge in [0.1, 0.15) is 22.4 Å². The molecular formula is C12H9ClFNO3S2. The Bertz CT molecular complexity index is 760. The van der Waals surface area contributed by atoms with E-state index in [-0.39, 0.29) is 23.0 Å². The fourth-order valence-corrected chi connectivity index (χ4v) is 5.01. The Balaban J connectivity index is 2.10. The van der Waals surface area contributed by atoms with E-state index in [4.69, 9.17) is 16.3 Å². The number of thiophene rings is 1. The zero-order valence-corrected chi connectivity index (χ0v) is 12.4. The van der Waals surface area contributed by atoms with Gasteiger partial charge in [0.05, 0.1) is 16.6 Å². The minimum atomic E-state index is -3.75. The Morgan fingerprint density at radius 3 is 2.80 bits per heavy atom. The van der Waals surface area contributed by atoms with Gasteiger partial charge < -0.3 is 4.74 Å². The number of ether oxygens (including phenoxy) is 1. The summed E-state index contributed by atoms with van der Waals surface area (Å²) in [5.74, 6) is -0.164. The van der Waals surface area contributed by atoms with Crippen LogP contribution in [0, 0.1) is 5.82 Å². The molecule has 2 aromatic rings. The normalized spacial score (nSPS) is 14.8. The van der Waals surface area contributed by atoms with Gasteiger partial charge >= 0.3 is 0 Å². The fourth-order valence-electron chi connectivity index (χ4n) is 1.96. The van der Waals surface area contributed by atoms with Crippen molar-refractivity contribution < 1.29 is 17.5 Å². The van der Waals surface area contributed by atoms with Gasteiger partial charge in [-0.05, 0) is 24.3 Å². The molecule has 0 bridgehead atoms. The minimum Gasteiger partial charge on any atom is -0.489 e. The monoisotopic (exact) mass is 333 g/mol. The van der Waals surface area contributed by atoms with Crippen LogP contribution in [0.4, 0.5) is 10.1 Å². The van der Waals surface area contributed by atoms with Gasteiger partial charge in [-0.3, -0.25) is 4.31 Å². The van der Waals surface area contributed by atoms with Crippen LogP contribution in [-0.4, -0.2) is 21.6 Å². The van der Waals surface area contributed by atoms with Crippen molar-refractivity contribution in [3.63, 3.8) is 0 Å². The molecule has 3 rings (SSSR count). The molecule has 106 valence electrons. The van der Waals surface area contributed by atoms with Gasteiger partial charge in [0.15, 0.2) is 0 Å². The number of fused-ring (bicyclic) bond motifs is 1. The second kappa shape index (κ2) is 4.91. The van der Waals surface area contributed by atoms with Crippen LogP contribution in [0.2, 0.25) is 4.34 Å². The summed E-state index contributed by atoms with van der Waals surface area (Å²) in [5, 5.41) is 0. The van der Waals surface area contributed by atoms with Crippen molar-refractivity contribution >= 4 is 38.6 Å². The van der Waals surface area contributed by atoms with Crippen molar-refractivity contribution in [1.29, 1.82) is 0 Å². The summed E-state index contributed by atoms with van der Waals surface area (Å²) in [6.45, 7) is 0.352. The third-order valence-electron chi connectivity index (χ3n) is 2.83. The highest BCUT2D eigenvalue weighted by atomic mass is 35.5. The third-order valence-corrected chi connectivity index (χ3v) is 6.35. The van der Waals surface area contributed by atoms with Gasteiger partial charge in [-0.25, -0.2) is 12.8 Å². The standard InChI is InChI=1S/C12H9ClFNO3S2/c13-11-3-4-12(19-11)20(16,17)15-5-6-18-10-2-1-8(14)7-9(10)15/h1-4,7H,5-6H2. The molecule has 0 atom stereocenters. The molecule has 0 radical (unpaired) electrons. The van der Waals surface area contributed by atoms with Gasteiger partial charge in [0, 0.05) is 6.07 Å². The van der Waals surface area contributed by atoms with E-state index in [1.54, 1.807) is 0 Å². The molecule has 1 aliphatic rings. The summed E-state index contributed by atoms with van der Waals surface area (Å²) in [6, 6.07) is 6.77. The van der Waals surface area contributed by atoms with Crippen LogP contribution >= 0.6 is 22.9 Å². The summed E-state index contributed by atoms with van der Waals surface area (Å²) in [5.41, 5.74) is 0.209. The number of anilines is 1. The molecule has 0 unspecified atom stereocenters. The molecule has 0 N–H and O–H groups in total. The van der Waals surface area contributed by atoms with Crippen LogP contribution in [-0.2, 0) is 10.0 Å². The fraction of sp³-hybridized carbons (Fsp3) is 0.167. The molecule has 0 spiro atoms. The van der Waals surface area contributed by atoms with Gasteiger partial charge in [-0.1, -0.05) is 11.6 Å². The van der Waals surface area contributed by atoms with Crippen LogP contribution in [0.3, 0.4) is 0 Å². The lowest BCUT2D eigenvalue weighted by Gasteiger charge is -2.29. The molecule has 1 aromatic heterocycles. The molecule has 0 aliphatic carbocycles. The lowest BCUT2D eigenvalue weighted by molar-refractivity contribution is 0.315. The van der Waals surface area contributed by atoms with E-state index < -0.39 is 15.8 Å². The van der Waals surface area contributed by atoms with Crippen LogP contribution < -0.4 is 9.04 Å². The topological polar surface area (TPSA) is 46.6 Å². The Labute approximate surface area is 124 Å². The molecule has 0 saturated heterocycles. The van der Waals surface area contributed by atoms with E-state index in [1.165, 1.54) is 24.3 Å². The van der Waals surface area contributed by atoms with E-state index >= 15 is 0 Å². The molecule has 0 saturated carbocycles. The molecule has 0 fully saturated rings. The van der Waals surface area contributed by atoms with Crippen molar-refractivity contribution in [3.05, 3.63) is 40.5 Å². The lowest BCUT2D eigenvalue weighted by Crippen LogP contribution is -2.37. The van der Waals surface area contributed by atoms with Gasteiger partial charge in [0.2, 0.25) is 0 Å². The maximum Gasteiger partial charge on any atom is 0.274 e. The van der Waals surface area contributed by atoms with Crippen molar-refractivity contribution in [2.24, 2.45) is 0 Å². The highest BCUT2D eigenvalue weighted by Gasteiger charge is 2.31. The van der Waals surface area contributed by atoms with E-state index in [0.29, 0.717) is 10.1 Å². The maximum atomic E-state index is 13.4. The van der Waals surface area contributed by atoms with E-state index in [1.807, 2.05) is 0 Å². The SMILES string of the molecule is O=S(=O)(c1ccc(Cl)s1)N1CCOc2ccc(F)cc21. The molecule has 20 heavy (non-hydrogen) atoms. The second-order valence-electron chi connectivity index (χ2n) is 4.10. The molecule has 8 heteroatoms. The molecule has 1 aromatic carbocycles. The van der Waals surface area contributed by atoms with E-state index in [9.17, 15) is 12.8 Å². The van der Waals surface area contributed by atoms with Gasteiger partial charge in [0.25, 0.3) is 10.0 Å². The quantitative estimate of drug-likeness (QED) is 0.848. The Kier molecular flexibility index (Phi) is 3.35. The van der Waals surface area contributed by atoms with Gasteiger partial charge in [-0.2, -0.15) is 0 Å². The zero-order valence-electron chi connectivity index (χ0n) is 10.0. The summed E-state index contributed by atoms with van der Waals surface area (Å²) in [4.78, 5) is 0. The molecule has 4 nitrogen and oxygen atoms in total. The number of hydrogen-bond acceptors (Lipinski definition) is 4. The molecule has 2 heterocycles. The first-order chi connectivity index (χ1) is 9.48. The second-order valence-corrected chi connectivity index (χ2v) is 7.90. The average molecular weight is 334 g/mol. The number of rotatable bonds is 2. The van der Waals surface area contributed by atoms with Crippen LogP contribution in [0.15, 0.2) is 34.5 Å². The highest BCUT2D eigenvalue weighted by Crippen LogP contribution is 2.37. The Hall–Kier alpha value is -1.31. The molecule has 0 amide bonds. The smallest absolute Gasteiger partial charge is 0.274 e. The zero-order chi connectivity index (χ0) is 14.3.